The lowest BCUT2D eigenvalue weighted by molar-refractivity contribution is 0.764. The molecule has 0 bridgehead atoms. The summed E-state index contributed by atoms with van der Waals surface area (Å²) in [6.07, 6.45) is 3.35. The van der Waals surface area contributed by atoms with E-state index in [4.69, 9.17) is 0 Å². The monoisotopic (exact) mass is 215 g/mol. The van der Waals surface area contributed by atoms with E-state index in [9.17, 15) is 0 Å². The summed E-state index contributed by atoms with van der Waals surface area (Å²) in [5, 5.41) is 3.43. The SMILES string of the molecule is Cc1nc(C)n2cccc(C3CCNC3)c12. The summed E-state index contributed by atoms with van der Waals surface area (Å²) in [5.74, 6) is 1.74. The maximum atomic E-state index is 4.56. The zero-order valence-electron chi connectivity index (χ0n) is 9.83. The van der Waals surface area contributed by atoms with Gasteiger partial charge in [-0.2, -0.15) is 0 Å². The van der Waals surface area contributed by atoms with Crippen molar-refractivity contribution in [2.45, 2.75) is 26.2 Å². The first-order valence-corrected chi connectivity index (χ1v) is 5.92. The van der Waals surface area contributed by atoms with Gasteiger partial charge in [0.15, 0.2) is 0 Å². The van der Waals surface area contributed by atoms with Crippen molar-refractivity contribution in [3.05, 3.63) is 35.4 Å². The lowest BCUT2D eigenvalue weighted by Gasteiger charge is -2.11. The third-order valence-corrected chi connectivity index (χ3v) is 3.55. The number of pyridine rings is 1. The molecule has 2 aromatic rings. The number of imidazole rings is 1. The summed E-state index contributed by atoms with van der Waals surface area (Å²) in [6, 6.07) is 4.38. The summed E-state index contributed by atoms with van der Waals surface area (Å²) in [6.45, 7) is 6.41. The molecule has 1 atom stereocenters. The smallest absolute Gasteiger partial charge is 0.110 e. The third-order valence-electron chi connectivity index (χ3n) is 3.55. The minimum Gasteiger partial charge on any atom is -0.316 e. The molecular formula is C13H17N3. The van der Waals surface area contributed by atoms with Crippen molar-refractivity contribution < 1.29 is 0 Å². The fourth-order valence-corrected chi connectivity index (χ4v) is 2.78. The van der Waals surface area contributed by atoms with Gasteiger partial charge in [0.25, 0.3) is 0 Å². The molecule has 3 rings (SSSR count). The summed E-state index contributed by atoms with van der Waals surface area (Å²) >= 11 is 0. The van der Waals surface area contributed by atoms with Gasteiger partial charge in [-0.3, -0.25) is 0 Å². The van der Waals surface area contributed by atoms with Crippen molar-refractivity contribution in [1.29, 1.82) is 0 Å². The number of hydrogen-bond acceptors (Lipinski definition) is 2. The maximum absolute atomic E-state index is 4.56. The first-order valence-electron chi connectivity index (χ1n) is 5.92. The normalized spacial score (nSPS) is 20.8. The van der Waals surface area contributed by atoms with Crippen LogP contribution >= 0.6 is 0 Å². The molecule has 1 unspecified atom stereocenters. The predicted molar refractivity (Wildman–Crippen MR) is 64.9 cm³/mol. The van der Waals surface area contributed by atoms with Crippen LogP contribution in [0.5, 0.6) is 0 Å². The fourth-order valence-electron chi connectivity index (χ4n) is 2.78. The highest BCUT2D eigenvalue weighted by Gasteiger charge is 2.20. The zero-order valence-corrected chi connectivity index (χ0v) is 9.83. The summed E-state index contributed by atoms with van der Waals surface area (Å²) in [5.41, 5.74) is 3.92. The van der Waals surface area contributed by atoms with Crippen LogP contribution in [0, 0.1) is 13.8 Å². The predicted octanol–water partition coefficient (Wildman–Crippen LogP) is 2.03. The number of hydrogen-bond donors (Lipinski definition) is 1. The van der Waals surface area contributed by atoms with Gasteiger partial charge in [-0.15, -0.1) is 0 Å². The Morgan fingerprint density at radius 1 is 1.44 bits per heavy atom. The molecule has 0 amide bonds. The van der Waals surface area contributed by atoms with Crippen LogP contribution in [0.1, 0.15) is 29.4 Å². The Bertz CT molecular complexity index is 521. The number of aromatic nitrogens is 2. The number of nitrogens with zero attached hydrogens (tertiary/aromatic N) is 2. The average Bonchev–Trinajstić information content (AvgIpc) is 2.88. The molecule has 0 radical (unpaired) electrons. The van der Waals surface area contributed by atoms with Crippen LogP contribution in [-0.2, 0) is 0 Å². The largest absolute Gasteiger partial charge is 0.316 e. The van der Waals surface area contributed by atoms with Crippen LogP contribution in [-0.4, -0.2) is 22.5 Å². The van der Waals surface area contributed by atoms with Crippen LogP contribution in [0.25, 0.3) is 5.52 Å². The molecule has 0 aromatic carbocycles. The summed E-state index contributed by atoms with van der Waals surface area (Å²) in [7, 11) is 0. The highest BCUT2D eigenvalue weighted by molar-refractivity contribution is 5.61. The van der Waals surface area contributed by atoms with Crippen LogP contribution in [0.15, 0.2) is 18.3 Å². The second-order valence-electron chi connectivity index (χ2n) is 4.62. The standard InChI is InChI=1S/C13H17N3/c1-9-13-12(11-5-6-14-8-11)4-3-7-16(13)10(2)15-9/h3-4,7,11,14H,5-6,8H2,1-2H3. The Hall–Kier alpha value is -1.35. The molecule has 3 heteroatoms. The molecule has 1 N–H and O–H groups in total. The van der Waals surface area contributed by atoms with Crippen LogP contribution < -0.4 is 5.32 Å². The Morgan fingerprint density at radius 3 is 3.06 bits per heavy atom. The number of rotatable bonds is 1. The molecule has 16 heavy (non-hydrogen) atoms. The molecule has 1 saturated heterocycles. The maximum Gasteiger partial charge on any atom is 0.110 e. The molecule has 1 aliphatic heterocycles. The van der Waals surface area contributed by atoms with Gasteiger partial charge in [0, 0.05) is 12.7 Å². The second kappa shape index (κ2) is 3.59. The fraction of sp³-hybridized carbons (Fsp3) is 0.462. The molecule has 84 valence electrons. The van der Waals surface area contributed by atoms with Crippen molar-refractivity contribution in [2.24, 2.45) is 0 Å². The summed E-state index contributed by atoms with van der Waals surface area (Å²) in [4.78, 5) is 4.56. The van der Waals surface area contributed by atoms with Crippen molar-refractivity contribution >= 4 is 5.52 Å². The second-order valence-corrected chi connectivity index (χ2v) is 4.62. The van der Waals surface area contributed by atoms with Gasteiger partial charge in [0.2, 0.25) is 0 Å². The number of fused-ring (bicyclic) bond motifs is 1. The van der Waals surface area contributed by atoms with E-state index in [0.29, 0.717) is 5.92 Å². The first-order chi connectivity index (χ1) is 7.77. The van der Waals surface area contributed by atoms with E-state index in [1.807, 2.05) is 0 Å². The zero-order chi connectivity index (χ0) is 11.1. The van der Waals surface area contributed by atoms with Gasteiger partial charge in [-0.25, -0.2) is 4.98 Å². The highest BCUT2D eigenvalue weighted by atomic mass is 15.0. The summed E-state index contributed by atoms with van der Waals surface area (Å²) < 4.78 is 2.21. The van der Waals surface area contributed by atoms with E-state index in [2.05, 4.69) is 46.9 Å². The van der Waals surface area contributed by atoms with E-state index in [-0.39, 0.29) is 0 Å². The minimum atomic E-state index is 0.651. The minimum absolute atomic E-state index is 0.651. The molecule has 1 aliphatic rings. The van der Waals surface area contributed by atoms with Crippen molar-refractivity contribution in [3.63, 3.8) is 0 Å². The lowest BCUT2D eigenvalue weighted by Crippen LogP contribution is -2.08. The van der Waals surface area contributed by atoms with Gasteiger partial charge >= 0.3 is 0 Å². The lowest BCUT2D eigenvalue weighted by atomic mass is 9.97. The Balaban J connectivity index is 2.23. The van der Waals surface area contributed by atoms with E-state index < -0.39 is 0 Å². The quantitative estimate of drug-likeness (QED) is 0.788. The molecule has 3 heterocycles. The van der Waals surface area contributed by atoms with Crippen LogP contribution in [0.4, 0.5) is 0 Å². The Morgan fingerprint density at radius 2 is 2.31 bits per heavy atom. The Labute approximate surface area is 95.5 Å². The van der Waals surface area contributed by atoms with E-state index in [1.165, 1.54) is 17.5 Å². The third kappa shape index (κ3) is 1.35. The van der Waals surface area contributed by atoms with E-state index in [1.54, 1.807) is 0 Å². The Kier molecular flexibility index (Phi) is 2.21. The van der Waals surface area contributed by atoms with Gasteiger partial charge in [0.1, 0.15) is 5.82 Å². The van der Waals surface area contributed by atoms with E-state index >= 15 is 0 Å². The van der Waals surface area contributed by atoms with E-state index in [0.717, 1.165) is 24.6 Å². The topological polar surface area (TPSA) is 29.3 Å². The molecule has 3 nitrogen and oxygen atoms in total. The molecule has 1 fully saturated rings. The van der Waals surface area contributed by atoms with Gasteiger partial charge in [-0.05, 0) is 44.4 Å². The van der Waals surface area contributed by atoms with Gasteiger partial charge in [-0.1, -0.05) is 6.07 Å². The molecule has 0 aliphatic carbocycles. The van der Waals surface area contributed by atoms with Crippen molar-refractivity contribution in [3.8, 4) is 0 Å². The first kappa shape index (κ1) is 9.85. The van der Waals surface area contributed by atoms with Crippen LogP contribution in [0.3, 0.4) is 0 Å². The van der Waals surface area contributed by atoms with Gasteiger partial charge < -0.3 is 9.72 Å². The van der Waals surface area contributed by atoms with Crippen molar-refractivity contribution in [1.82, 2.24) is 14.7 Å². The van der Waals surface area contributed by atoms with Crippen molar-refractivity contribution in [2.75, 3.05) is 13.1 Å². The van der Waals surface area contributed by atoms with Gasteiger partial charge in [0.05, 0.1) is 11.2 Å². The highest BCUT2D eigenvalue weighted by Crippen LogP contribution is 2.28. The number of aryl methyl sites for hydroxylation is 2. The molecule has 2 aromatic heterocycles. The number of nitrogens with one attached hydrogen (secondary N) is 1. The molecule has 0 saturated carbocycles. The average molecular weight is 215 g/mol. The molecule has 0 spiro atoms. The molecular weight excluding hydrogens is 198 g/mol. The van der Waals surface area contributed by atoms with Crippen LogP contribution in [0.2, 0.25) is 0 Å².